The van der Waals surface area contributed by atoms with E-state index in [-0.39, 0.29) is 0 Å². The maximum Gasteiger partial charge on any atom is 0.189 e. The molecule has 1 aromatic rings. The summed E-state index contributed by atoms with van der Waals surface area (Å²) in [6.45, 7) is -0.140. The molecule has 3 N–H and O–H groups in total. The molecule has 0 saturated carbocycles. The normalized spacial score (nSPS) is 25.2. The largest absolute Gasteiger partial charge is 0.393 e. The van der Waals surface area contributed by atoms with Crippen molar-refractivity contribution in [3.8, 4) is 0 Å². The molecule has 1 aliphatic heterocycles. The second-order valence-electron chi connectivity index (χ2n) is 3.80. The number of halogens is 1. The maximum atomic E-state index is 11.9. The summed E-state index contributed by atoms with van der Waals surface area (Å²) >= 11 is 6.00. The van der Waals surface area contributed by atoms with Gasteiger partial charge in [0.15, 0.2) is 5.78 Å². The molecular weight excluding hydrogens is 230 g/mol. The Morgan fingerprint density at radius 3 is 2.69 bits per heavy atom. The number of carbonyl (C=O) groups excluding carboxylic acids is 1. The number of Topliss-reactive ketones (excluding diaryl/α,β-unsaturated/α-hetero) is 1. The summed E-state index contributed by atoms with van der Waals surface area (Å²) in [5.41, 5.74) is -0.269. The fourth-order valence-corrected chi connectivity index (χ4v) is 2.06. The molecule has 0 aromatic heterocycles. The van der Waals surface area contributed by atoms with Crippen LogP contribution < -0.4 is 5.32 Å². The first-order valence-electron chi connectivity index (χ1n) is 4.95. The zero-order valence-electron chi connectivity index (χ0n) is 8.48. The highest BCUT2D eigenvalue weighted by Gasteiger charge is 2.53. The molecule has 86 valence electrons. The predicted molar refractivity (Wildman–Crippen MR) is 59.2 cm³/mol. The lowest BCUT2D eigenvalue weighted by atomic mass is 9.91. The molecule has 1 heterocycles. The number of rotatable bonds is 4. The second kappa shape index (κ2) is 4.14. The van der Waals surface area contributed by atoms with Crippen LogP contribution in [0.15, 0.2) is 24.3 Å². The van der Waals surface area contributed by atoms with Gasteiger partial charge >= 0.3 is 0 Å². The summed E-state index contributed by atoms with van der Waals surface area (Å²) in [5.74, 6) is -0.442. The third-order valence-corrected chi connectivity index (χ3v) is 3.09. The third kappa shape index (κ3) is 1.74. The number of hydrogen-bond acceptors (Lipinski definition) is 4. The Balaban J connectivity index is 2.34. The topological polar surface area (TPSA) is 79.5 Å². The summed E-state index contributed by atoms with van der Waals surface area (Å²) in [5, 5.41) is 21.5. The molecule has 1 fully saturated rings. The predicted octanol–water partition coefficient (Wildman–Crippen LogP) is 0.0608. The van der Waals surface area contributed by atoms with Crippen LogP contribution in [0.2, 0.25) is 5.02 Å². The van der Waals surface area contributed by atoms with Gasteiger partial charge < -0.3 is 10.2 Å². The van der Waals surface area contributed by atoms with Crippen LogP contribution in [-0.2, 0) is 10.3 Å². The van der Waals surface area contributed by atoms with Gasteiger partial charge in [0, 0.05) is 11.6 Å². The molecular formula is C11H12ClNO3. The monoisotopic (exact) mass is 241 g/mol. The van der Waals surface area contributed by atoms with Crippen molar-refractivity contribution < 1.29 is 15.0 Å². The van der Waals surface area contributed by atoms with Gasteiger partial charge in [-0.2, -0.15) is 0 Å². The Labute approximate surface area is 97.9 Å². The number of aliphatic hydroxyl groups excluding tert-OH is 2. The average Bonchev–Trinajstić information content (AvgIpc) is 3.09. The minimum absolute atomic E-state index is 0.437. The van der Waals surface area contributed by atoms with E-state index in [4.69, 9.17) is 16.7 Å². The maximum absolute atomic E-state index is 11.9. The standard InChI is InChI=1S/C11H12ClNO3/c12-8-4-2-1-3-7(8)11(6-13-11)10(16)9(15)5-14/h1-4,9,13-15H,5-6H2. The van der Waals surface area contributed by atoms with E-state index >= 15 is 0 Å². The Bertz CT molecular complexity index is 417. The van der Waals surface area contributed by atoms with Crippen molar-refractivity contribution in [2.45, 2.75) is 11.6 Å². The highest BCUT2D eigenvalue weighted by Crippen LogP contribution is 2.37. The van der Waals surface area contributed by atoms with Crippen molar-refractivity contribution >= 4 is 17.4 Å². The first-order chi connectivity index (χ1) is 7.62. The molecule has 0 amide bonds. The van der Waals surface area contributed by atoms with Gasteiger partial charge in [-0.15, -0.1) is 0 Å². The van der Waals surface area contributed by atoms with E-state index in [1.54, 1.807) is 24.3 Å². The third-order valence-electron chi connectivity index (χ3n) is 2.76. The Kier molecular flexibility index (Phi) is 2.99. The number of benzene rings is 1. The molecule has 5 heteroatoms. The lowest BCUT2D eigenvalue weighted by molar-refractivity contribution is -0.131. The molecule has 0 aliphatic carbocycles. The fraction of sp³-hybridized carbons (Fsp3) is 0.364. The Morgan fingerprint density at radius 2 is 2.19 bits per heavy atom. The van der Waals surface area contributed by atoms with E-state index in [9.17, 15) is 9.90 Å². The lowest BCUT2D eigenvalue weighted by Crippen LogP contribution is -2.37. The first-order valence-corrected chi connectivity index (χ1v) is 5.33. The van der Waals surface area contributed by atoms with Crippen molar-refractivity contribution in [1.29, 1.82) is 0 Å². The average molecular weight is 242 g/mol. The number of nitrogens with one attached hydrogen (secondary N) is 1. The number of ketones is 1. The van der Waals surface area contributed by atoms with Crippen LogP contribution in [0.5, 0.6) is 0 Å². The molecule has 0 spiro atoms. The van der Waals surface area contributed by atoms with Gasteiger partial charge in [0.05, 0.1) is 6.61 Å². The lowest BCUT2D eigenvalue weighted by Gasteiger charge is -2.17. The van der Waals surface area contributed by atoms with Crippen LogP contribution in [0.4, 0.5) is 0 Å². The summed E-state index contributed by atoms with van der Waals surface area (Å²) < 4.78 is 0. The van der Waals surface area contributed by atoms with Crippen molar-refractivity contribution in [2.75, 3.05) is 13.2 Å². The van der Waals surface area contributed by atoms with Gasteiger partial charge in [-0.3, -0.25) is 10.1 Å². The summed E-state index contributed by atoms with van der Waals surface area (Å²) in [6.07, 6.45) is -1.37. The highest BCUT2D eigenvalue weighted by atomic mass is 35.5. The smallest absolute Gasteiger partial charge is 0.189 e. The van der Waals surface area contributed by atoms with Gasteiger partial charge in [0.1, 0.15) is 11.6 Å². The van der Waals surface area contributed by atoms with Gasteiger partial charge in [0.2, 0.25) is 0 Å². The van der Waals surface area contributed by atoms with Crippen LogP contribution in [0, 0.1) is 0 Å². The van der Waals surface area contributed by atoms with E-state index in [0.29, 0.717) is 17.1 Å². The van der Waals surface area contributed by atoms with Crippen LogP contribution in [0.3, 0.4) is 0 Å². The highest BCUT2D eigenvalue weighted by molar-refractivity contribution is 6.32. The van der Waals surface area contributed by atoms with Crippen LogP contribution in [-0.4, -0.2) is 35.3 Å². The molecule has 2 unspecified atom stereocenters. The number of hydrogen-bond donors (Lipinski definition) is 3. The van der Waals surface area contributed by atoms with E-state index in [2.05, 4.69) is 5.32 Å². The first kappa shape index (κ1) is 11.5. The molecule has 2 atom stereocenters. The zero-order chi connectivity index (χ0) is 11.8. The molecule has 4 nitrogen and oxygen atoms in total. The van der Waals surface area contributed by atoms with Crippen LogP contribution >= 0.6 is 11.6 Å². The molecule has 0 radical (unpaired) electrons. The van der Waals surface area contributed by atoms with Crippen LogP contribution in [0.25, 0.3) is 0 Å². The summed E-state index contributed by atoms with van der Waals surface area (Å²) in [7, 11) is 0. The quantitative estimate of drug-likeness (QED) is 0.652. The van der Waals surface area contributed by atoms with Crippen molar-refractivity contribution in [3.05, 3.63) is 34.9 Å². The van der Waals surface area contributed by atoms with Crippen LogP contribution in [0.1, 0.15) is 5.56 Å². The van der Waals surface area contributed by atoms with Gasteiger partial charge in [-0.1, -0.05) is 29.8 Å². The van der Waals surface area contributed by atoms with E-state index in [1.807, 2.05) is 0 Å². The second-order valence-corrected chi connectivity index (χ2v) is 4.21. The minimum Gasteiger partial charge on any atom is -0.393 e. The van der Waals surface area contributed by atoms with Gasteiger partial charge in [0.25, 0.3) is 0 Å². The Morgan fingerprint density at radius 1 is 1.56 bits per heavy atom. The zero-order valence-corrected chi connectivity index (χ0v) is 9.24. The molecule has 0 bridgehead atoms. The van der Waals surface area contributed by atoms with Gasteiger partial charge in [-0.25, -0.2) is 0 Å². The van der Waals surface area contributed by atoms with Crippen molar-refractivity contribution in [2.24, 2.45) is 0 Å². The number of carbonyl (C=O) groups is 1. The van der Waals surface area contributed by atoms with E-state index < -0.39 is 24.0 Å². The fourth-order valence-electron chi connectivity index (χ4n) is 1.76. The molecule has 1 aromatic carbocycles. The summed E-state index contributed by atoms with van der Waals surface area (Å²) in [6, 6.07) is 6.98. The van der Waals surface area contributed by atoms with E-state index in [1.165, 1.54) is 0 Å². The van der Waals surface area contributed by atoms with E-state index in [0.717, 1.165) is 0 Å². The SMILES string of the molecule is O=C(C(O)CO)C1(c2ccccc2Cl)CN1. The number of aliphatic hydroxyl groups is 2. The Hall–Kier alpha value is -0.940. The van der Waals surface area contributed by atoms with Crippen molar-refractivity contribution in [1.82, 2.24) is 5.32 Å². The minimum atomic E-state index is -1.37. The summed E-state index contributed by atoms with van der Waals surface area (Å²) in [4.78, 5) is 11.9. The van der Waals surface area contributed by atoms with Gasteiger partial charge in [-0.05, 0) is 11.6 Å². The molecule has 16 heavy (non-hydrogen) atoms. The molecule has 1 aliphatic rings. The molecule has 1 saturated heterocycles. The molecule has 2 rings (SSSR count). The van der Waals surface area contributed by atoms with Crippen molar-refractivity contribution in [3.63, 3.8) is 0 Å².